The molecule has 0 aliphatic rings. The zero-order chi connectivity index (χ0) is 12.2. The van der Waals surface area contributed by atoms with E-state index >= 15 is 0 Å². The lowest BCUT2D eigenvalue weighted by atomic mass is 10.5. The number of aromatic nitrogens is 1. The number of anilines is 1. The fraction of sp³-hybridized carbons (Fsp3) is 0.667. The Hall–Kier alpha value is -0.370. The molecule has 0 spiro atoms. The van der Waals surface area contributed by atoms with Gasteiger partial charge in [-0.1, -0.05) is 0 Å². The summed E-state index contributed by atoms with van der Waals surface area (Å²) in [7, 11) is 1.02. The summed E-state index contributed by atoms with van der Waals surface area (Å²) in [6.45, 7) is 1.15. The van der Waals surface area contributed by atoms with Gasteiger partial charge in [-0.05, 0) is 0 Å². The van der Waals surface area contributed by atoms with Gasteiger partial charge in [-0.2, -0.15) is 0 Å². The number of nitrogens with one attached hydrogen (secondary N) is 1. The van der Waals surface area contributed by atoms with Crippen molar-refractivity contribution in [2.75, 3.05) is 37.5 Å². The first-order chi connectivity index (χ1) is 7.38. The molecule has 1 rings (SSSR count). The van der Waals surface area contributed by atoms with E-state index in [9.17, 15) is 8.42 Å². The third-order valence-electron chi connectivity index (χ3n) is 1.87. The highest BCUT2D eigenvalue weighted by Gasteiger charge is 2.04. The van der Waals surface area contributed by atoms with Crippen molar-refractivity contribution in [1.29, 1.82) is 0 Å². The first kappa shape index (κ1) is 16.6. The van der Waals surface area contributed by atoms with Gasteiger partial charge in [0.1, 0.15) is 9.84 Å². The second kappa shape index (κ2) is 7.15. The van der Waals surface area contributed by atoms with Crippen LogP contribution in [0.1, 0.15) is 4.88 Å². The van der Waals surface area contributed by atoms with Gasteiger partial charge in [0.2, 0.25) is 0 Å². The summed E-state index contributed by atoms with van der Waals surface area (Å²) in [5.41, 5.74) is 0. The van der Waals surface area contributed by atoms with Gasteiger partial charge >= 0.3 is 0 Å². The van der Waals surface area contributed by atoms with Crippen LogP contribution in [0, 0.1) is 0 Å². The highest BCUT2D eigenvalue weighted by Crippen LogP contribution is 2.19. The lowest BCUT2D eigenvalue weighted by Gasteiger charge is -2.05. The molecule has 8 heteroatoms. The van der Waals surface area contributed by atoms with Crippen LogP contribution in [0.2, 0.25) is 0 Å². The second-order valence-corrected chi connectivity index (χ2v) is 7.16. The van der Waals surface area contributed by atoms with Crippen molar-refractivity contribution >= 4 is 38.7 Å². The van der Waals surface area contributed by atoms with E-state index in [2.05, 4.69) is 10.3 Å². The maximum Gasteiger partial charge on any atom is 0.185 e. The lowest BCUT2D eigenvalue weighted by Crippen LogP contribution is -2.21. The Morgan fingerprint density at radius 3 is 2.59 bits per heavy atom. The molecule has 0 saturated carbocycles. The molecule has 0 unspecified atom stereocenters. The summed E-state index contributed by atoms with van der Waals surface area (Å²) in [5.74, 6) is 0.173. The highest BCUT2D eigenvalue weighted by molar-refractivity contribution is 7.90. The number of sulfone groups is 1. The van der Waals surface area contributed by atoms with Crippen molar-refractivity contribution in [3.8, 4) is 0 Å². The van der Waals surface area contributed by atoms with Gasteiger partial charge < -0.3 is 10.2 Å². The standard InChI is InChI=1S/C9H17N3O2S2.ClH/c1-12(2)9-11-7-8(15-9)6-10-4-5-16(3,13)14;/h7,10H,4-6H2,1-3H3;1H. The summed E-state index contributed by atoms with van der Waals surface area (Å²) < 4.78 is 21.8. The van der Waals surface area contributed by atoms with Crippen molar-refractivity contribution in [2.45, 2.75) is 6.54 Å². The Kier molecular flexibility index (Phi) is 6.99. The minimum absolute atomic E-state index is 0. The topological polar surface area (TPSA) is 62.3 Å². The number of rotatable bonds is 6. The Morgan fingerprint density at radius 2 is 2.12 bits per heavy atom. The van der Waals surface area contributed by atoms with E-state index in [1.165, 1.54) is 6.26 Å². The van der Waals surface area contributed by atoms with Crippen LogP contribution in [-0.2, 0) is 16.4 Å². The molecule has 17 heavy (non-hydrogen) atoms. The number of thiazole rings is 1. The molecule has 0 aliphatic carbocycles. The molecule has 1 aromatic heterocycles. The van der Waals surface area contributed by atoms with Crippen molar-refractivity contribution in [2.24, 2.45) is 0 Å². The Balaban J connectivity index is 0.00000256. The van der Waals surface area contributed by atoms with Gasteiger partial charge in [-0.3, -0.25) is 0 Å². The van der Waals surface area contributed by atoms with Crippen LogP contribution in [0.3, 0.4) is 0 Å². The maximum absolute atomic E-state index is 10.9. The van der Waals surface area contributed by atoms with Crippen molar-refractivity contribution in [3.63, 3.8) is 0 Å². The fourth-order valence-electron chi connectivity index (χ4n) is 1.05. The number of hydrogen-bond donors (Lipinski definition) is 1. The number of nitrogens with zero attached hydrogens (tertiary/aromatic N) is 2. The summed E-state index contributed by atoms with van der Waals surface area (Å²) in [4.78, 5) is 7.29. The van der Waals surface area contributed by atoms with E-state index in [0.29, 0.717) is 13.1 Å². The molecule has 0 fully saturated rings. The Bertz CT molecular complexity index is 431. The average Bonchev–Trinajstić information content (AvgIpc) is 2.59. The minimum Gasteiger partial charge on any atom is -0.354 e. The van der Waals surface area contributed by atoms with Crippen molar-refractivity contribution in [3.05, 3.63) is 11.1 Å². The van der Waals surface area contributed by atoms with E-state index in [1.807, 2.05) is 25.2 Å². The quantitative estimate of drug-likeness (QED) is 0.786. The average molecular weight is 300 g/mol. The Labute approximate surface area is 113 Å². The number of hydrogen-bond acceptors (Lipinski definition) is 6. The van der Waals surface area contributed by atoms with Crippen LogP contribution in [0.4, 0.5) is 5.13 Å². The van der Waals surface area contributed by atoms with E-state index in [4.69, 9.17) is 0 Å². The monoisotopic (exact) mass is 299 g/mol. The second-order valence-electron chi connectivity index (χ2n) is 3.81. The molecule has 1 N–H and O–H groups in total. The third-order valence-corrected chi connectivity index (χ3v) is 3.98. The van der Waals surface area contributed by atoms with Gasteiger partial charge in [0, 0.05) is 44.5 Å². The first-order valence-corrected chi connectivity index (χ1v) is 7.76. The molecule has 100 valence electrons. The zero-order valence-corrected chi connectivity index (χ0v) is 12.6. The largest absolute Gasteiger partial charge is 0.354 e. The van der Waals surface area contributed by atoms with Crippen LogP contribution >= 0.6 is 23.7 Å². The predicted molar refractivity (Wildman–Crippen MR) is 75.1 cm³/mol. The molecule has 0 radical (unpaired) electrons. The van der Waals surface area contributed by atoms with Crippen LogP contribution in [0.15, 0.2) is 6.20 Å². The molecule has 0 amide bonds. The number of halogens is 1. The van der Waals surface area contributed by atoms with Gasteiger partial charge in [-0.15, -0.1) is 23.7 Å². The Morgan fingerprint density at radius 1 is 1.47 bits per heavy atom. The van der Waals surface area contributed by atoms with Crippen LogP contribution in [0.5, 0.6) is 0 Å². The molecule has 0 atom stereocenters. The normalized spacial score (nSPS) is 11.0. The predicted octanol–water partition coefficient (Wildman–Crippen LogP) is 0.765. The van der Waals surface area contributed by atoms with Gasteiger partial charge in [0.25, 0.3) is 0 Å². The minimum atomic E-state index is -2.87. The highest BCUT2D eigenvalue weighted by atomic mass is 35.5. The smallest absolute Gasteiger partial charge is 0.185 e. The molecular weight excluding hydrogens is 282 g/mol. The first-order valence-electron chi connectivity index (χ1n) is 4.89. The van der Waals surface area contributed by atoms with E-state index in [1.54, 1.807) is 11.3 Å². The van der Waals surface area contributed by atoms with E-state index in [-0.39, 0.29) is 18.2 Å². The van der Waals surface area contributed by atoms with Gasteiger partial charge in [0.15, 0.2) is 5.13 Å². The SMILES string of the molecule is CN(C)c1ncc(CNCCS(C)(=O)=O)s1.Cl. The molecular formula is C9H18ClN3O2S2. The van der Waals surface area contributed by atoms with Gasteiger partial charge in [0.05, 0.1) is 5.75 Å². The summed E-state index contributed by atoms with van der Waals surface area (Å²) >= 11 is 1.60. The molecule has 5 nitrogen and oxygen atoms in total. The van der Waals surface area contributed by atoms with Gasteiger partial charge in [-0.25, -0.2) is 13.4 Å². The molecule has 0 bridgehead atoms. The van der Waals surface area contributed by atoms with Crippen LogP contribution in [0.25, 0.3) is 0 Å². The van der Waals surface area contributed by atoms with Crippen LogP contribution < -0.4 is 10.2 Å². The summed E-state index contributed by atoms with van der Waals surface area (Å²) in [6.07, 6.45) is 3.05. The molecule has 1 aromatic rings. The third kappa shape index (κ3) is 6.82. The lowest BCUT2D eigenvalue weighted by molar-refractivity contribution is 0.596. The maximum atomic E-state index is 10.9. The summed E-state index contributed by atoms with van der Waals surface area (Å²) in [5, 5.41) is 4.04. The summed E-state index contributed by atoms with van der Waals surface area (Å²) in [6, 6.07) is 0. The molecule has 0 aliphatic heterocycles. The molecule has 1 heterocycles. The van der Waals surface area contributed by atoms with Crippen molar-refractivity contribution in [1.82, 2.24) is 10.3 Å². The zero-order valence-electron chi connectivity index (χ0n) is 10.1. The molecule has 0 aromatic carbocycles. The fourth-order valence-corrected chi connectivity index (χ4v) is 2.37. The molecule has 0 saturated heterocycles. The van der Waals surface area contributed by atoms with E-state index in [0.717, 1.165) is 10.0 Å². The van der Waals surface area contributed by atoms with E-state index < -0.39 is 9.84 Å². The van der Waals surface area contributed by atoms with Crippen LogP contribution in [-0.4, -0.2) is 46.1 Å². The van der Waals surface area contributed by atoms with Crippen molar-refractivity contribution < 1.29 is 8.42 Å².